The SMILES string of the molecule is Cc1ccccc1S(=O)(=O)Nc1cc(C(=O)O)ccc1N1CCN(CC(=O)NC(C)C)CC1.O=C(O)C(F)(F)F. The average molecular weight is 589 g/mol. The number of alkyl halides is 3. The van der Waals surface area contributed by atoms with Gasteiger partial charge in [0.05, 0.1) is 28.4 Å². The molecule has 0 atom stereocenters. The highest BCUT2D eigenvalue weighted by Crippen LogP contribution is 2.31. The van der Waals surface area contributed by atoms with Crippen molar-refractivity contribution < 1.29 is 46.2 Å². The third-order valence-corrected chi connectivity index (χ3v) is 7.17. The molecule has 40 heavy (non-hydrogen) atoms. The van der Waals surface area contributed by atoms with E-state index in [4.69, 9.17) is 9.90 Å². The van der Waals surface area contributed by atoms with Crippen LogP contribution < -0.4 is 14.9 Å². The molecule has 11 nitrogen and oxygen atoms in total. The maximum absolute atomic E-state index is 13.1. The van der Waals surface area contributed by atoms with Crippen molar-refractivity contribution in [1.29, 1.82) is 0 Å². The summed E-state index contributed by atoms with van der Waals surface area (Å²) in [5.41, 5.74) is 1.40. The van der Waals surface area contributed by atoms with Crippen molar-refractivity contribution in [2.75, 3.05) is 42.3 Å². The van der Waals surface area contributed by atoms with E-state index in [2.05, 4.69) is 10.0 Å². The number of carboxylic acids is 2. The molecule has 0 saturated carbocycles. The minimum absolute atomic E-state index is 0.00905. The molecule has 0 aromatic heterocycles. The zero-order chi connectivity index (χ0) is 30.3. The number of nitrogens with one attached hydrogen (secondary N) is 2. The number of sulfonamides is 1. The number of carboxylic acid groups (broad SMARTS) is 2. The summed E-state index contributed by atoms with van der Waals surface area (Å²) in [5, 5.41) is 19.4. The lowest BCUT2D eigenvalue weighted by Crippen LogP contribution is -2.50. The fourth-order valence-electron chi connectivity index (χ4n) is 3.80. The summed E-state index contributed by atoms with van der Waals surface area (Å²) in [4.78, 5) is 36.6. The Bertz CT molecular complexity index is 1330. The molecule has 0 aliphatic carbocycles. The second-order valence-electron chi connectivity index (χ2n) is 9.20. The fourth-order valence-corrected chi connectivity index (χ4v) is 5.11. The molecule has 1 aliphatic rings. The van der Waals surface area contributed by atoms with Crippen molar-refractivity contribution in [2.45, 2.75) is 37.9 Å². The summed E-state index contributed by atoms with van der Waals surface area (Å²) < 4.78 is 60.5. The van der Waals surface area contributed by atoms with E-state index in [1.807, 2.05) is 23.6 Å². The third kappa shape index (κ3) is 9.41. The summed E-state index contributed by atoms with van der Waals surface area (Å²) in [5.74, 6) is -3.93. The number of aryl methyl sites for hydroxylation is 1. The van der Waals surface area contributed by atoms with E-state index in [1.165, 1.54) is 18.2 Å². The predicted octanol–water partition coefficient (Wildman–Crippen LogP) is 2.77. The van der Waals surface area contributed by atoms with E-state index in [0.29, 0.717) is 44.0 Å². The van der Waals surface area contributed by atoms with Crippen LogP contribution in [0.5, 0.6) is 0 Å². The van der Waals surface area contributed by atoms with Crippen molar-refractivity contribution in [2.24, 2.45) is 0 Å². The molecule has 1 saturated heterocycles. The van der Waals surface area contributed by atoms with Crippen LogP contribution in [0.25, 0.3) is 0 Å². The number of rotatable bonds is 8. The van der Waals surface area contributed by atoms with Gasteiger partial charge in [-0.1, -0.05) is 18.2 Å². The first-order chi connectivity index (χ1) is 18.5. The van der Waals surface area contributed by atoms with Crippen molar-refractivity contribution in [3.05, 3.63) is 53.6 Å². The van der Waals surface area contributed by atoms with Gasteiger partial charge in [-0.3, -0.25) is 14.4 Å². The highest BCUT2D eigenvalue weighted by atomic mass is 32.2. The number of anilines is 2. The Morgan fingerprint density at radius 3 is 2.08 bits per heavy atom. The number of aromatic carboxylic acids is 1. The standard InChI is InChI=1S/C23H30N4O5S.C2HF3O2/c1-16(2)24-22(28)15-26-10-12-27(13-11-26)20-9-8-18(23(29)30)14-19(20)25-33(31,32)21-7-5-4-6-17(21)3;3-2(4,5)1(6)7/h4-9,14,16,25H,10-13,15H2,1-3H3,(H,24,28)(H,29,30);(H,6,7). The lowest BCUT2D eigenvalue weighted by atomic mass is 10.1. The number of nitrogens with zero attached hydrogens (tertiary/aromatic N) is 2. The minimum Gasteiger partial charge on any atom is -0.478 e. The molecule has 0 unspecified atom stereocenters. The van der Waals surface area contributed by atoms with Crippen molar-refractivity contribution in [1.82, 2.24) is 10.2 Å². The number of piperazine rings is 1. The second-order valence-corrected chi connectivity index (χ2v) is 10.8. The topological polar surface area (TPSA) is 156 Å². The average Bonchev–Trinajstić information content (AvgIpc) is 2.83. The molecule has 1 amide bonds. The van der Waals surface area contributed by atoms with Gasteiger partial charge in [-0.05, 0) is 50.6 Å². The summed E-state index contributed by atoms with van der Waals surface area (Å²) >= 11 is 0. The molecular weight excluding hydrogens is 557 g/mol. The summed E-state index contributed by atoms with van der Waals surface area (Å²) in [6.07, 6.45) is -5.08. The first-order valence-corrected chi connectivity index (χ1v) is 13.5. The van der Waals surface area contributed by atoms with E-state index in [0.717, 1.165) is 0 Å². The fraction of sp³-hybridized carbons (Fsp3) is 0.400. The molecule has 0 bridgehead atoms. The smallest absolute Gasteiger partial charge is 0.478 e. The van der Waals surface area contributed by atoms with E-state index in [1.54, 1.807) is 31.2 Å². The minimum atomic E-state index is -5.08. The maximum Gasteiger partial charge on any atom is 0.490 e. The van der Waals surface area contributed by atoms with Crippen LogP contribution in [0.4, 0.5) is 24.5 Å². The van der Waals surface area contributed by atoms with E-state index >= 15 is 0 Å². The Morgan fingerprint density at radius 1 is 1.00 bits per heavy atom. The van der Waals surface area contributed by atoms with Gasteiger partial charge in [-0.25, -0.2) is 18.0 Å². The van der Waals surface area contributed by atoms with Crippen molar-refractivity contribution in [3.63, 3.8) is 0 Å². The molecule has 15 heteroatoms. The highest BCUT2D eigenvalue weighted by Gasteiger charge is 2.38. The lowest BCUT2D eigenvalue weighted by Gasteiger charge is -2.36. The van der Waals surface area contributed by atoms with Gasteiger partial charge in [0.2, 0.25) is 5.91 Å². The number of carbonyl (C=O) groups excluding carboxylic acids is 1. The molecule has 1 fully saturated rings. The van der Waals surface area contributed by atoms with Crippen LogP contribution in [0, 0.1) is 6.92 Å². The number of amides is 1. The van der Waals surface area contributed by atoms with Gasteiger partial charge in [0, 0.05) is 32.2 Å². The highest BCUT2D eigenvalue weighted by molar-refractivity contribution is 7.92. The van der Waals surface area contributed by atoms with Crippen LogP contribution in [0.3, 0.4) is 0 Å². The van der Waals surface area contributed by atoms with E-state index in [9.17, 15) is 36.3 Å². The summed E-state index contributed by atoms with van der Waals surface area (Å²) in [6.45, 7) is 8.22. The van der Waals surface area contributed by atoms with Crippen LogP contribution in [-0.2, 0) is 19.6 Å². The Labute approximate surface area is 229 Å². The molecule has 0 radical (unpaired) electrons. The summed E-state index contributed by atoms with van der Waals surface area (Å²) in [7, 11) is -3.92. The molecule has 220 valence electrons. The molecule has 3 rings (SSSR count). The summed E-state index contributed by atoms with van der Waals surface area (Å²) in [6, 6.07) is 11.1. The zero-order valence-electron chi connectivity index (χ0n) is 22.0. The second kappa shape index (κ2) is 13.5. The molecule has 2 aromatic rings. The Hall–Kier alpha value is -3.85. The van der Waals surface area contributed by atoms with E-state index < -0.39 is 28.1 Å². The first-order valence-electron chi connectivity index (χ1n) is 12.0. The monoisotopic (exact) mass is 588 g/mol. The van der Waals surface area contributed by atoms with Crippen LogP contribution >= 0.6 is 0 Å². The zero-order valence-corrected chi connectivity index (χ0v) is 22.8. The maximum atomic E-state index is 13.1. The number of carbonyl (C=O) groups is 3. The number of hydrogen-bond acceptors (Lipinski definition) is 7. The number of halogens is 3. The normalized spacial score (nSPS) is 14.2. The predicted molar refractivity (Wildman–Crippen MR) is 141 cm³/mol. The molecule has 1 aliphatic heterocycles. The van der Waals surface area contributed by atoms with Crippen molar-refractivity contribution in [3.8, 4) is 0 Å². The number of benzene rings is 2. The molecule has 4 N–H and O–H groups in total. The lowest BCUT2D eigenvalue weighted by molar-refractivity contribution is -0.192. The Balaban J connectivity index is 0.000000708. The van der Waals surface area contributed by atoms with Gasteiger partial charge in [-0.15, -0.1) is 0 Å². The number of aliphatic carboxylic acids is 1. The third-order valence-electron chi connectivity index (χ3n) is 5.64. The largest absolute Gasteiger partial charge is 0.490 e. The Morgan fingerprint density at radius 2 is 1.57 bits per heavy atom. The van der Waals surface area contributed by atoms with Crippen LogP contribution in [0.1, 0.15) is 29.8 Å². The quantitative estimate of drug-likeness (QED) is 0.364. The molecule has 2 aromatic carbocycles. The first kappa shape index (κ1) is 32.4. The van der Waals surface area contributed by atoms with Gasteiger partial charge >= 0.3 is 18.1 Å². The molecule has 1 heterocycles. The van der Waals surface area contributed by atoms with Gasteiger partial charge in [0.15, 0.2) is 0 Å². The van der Waals surface area contributed by atoms with Gasteiger partial charge in [-0.2, -0.15) is 13.2 Å². The Kier molecular flexibility index (Phi) is 10.9. The molecule has 0 spiro atoms. The van der Waals surface area contributed by atoms with Gasteiger partial charge < -0.3 is 20.4 Å². The number of hydrogen-bond donors (Lipinski definition) is 4. The molecular formula is C25H31F3N4O7S. The van der Waals surface area contributed by atoms with Crippen LogP contribution in [-0.4, -0.2) is 86.3 Å². The van der Waals surface area contributed by atoms with E-state index in [-0.39, 0.29) is 28.1 Å². The van der Waals surface area contributed by atoms with Crippen LogP contribution in [0.15, 0.2) is 47.4 Å². The van der Waals surface area contributed by atoms with Crippen molar-refractivity contribution >= 4 is 39.2 Å². The van der Waals surface area contributed by atoms with Crippen LogP contribution in [0.2, 0.25) is 0 Å². The van der Waals surface area contributed by atoms with Gasteiger partial charge in [0.25, 0.3) is 10.0 Å². The van der Waals surface area contributed by atoms with Gasteiger partial charge in [0.1, 0.15) is 0 Å².